The second-order valence-corrected chi connectivity index (χ2v) is 4.48. The first-order valence-corrected chi connectivity index (χ1v) is 5.78. The van der Waals surface area contributed by atoms with E-state index in [1.165, 1.54) is 0 Å². The minimum Gasteiger partial charge on any atom is -0.506 e. The highest BCUT2D eigenvalue weighted by Crippen LogP contribution is 2.30. The van der Waals surface area contributed by atoms with Gasteiger partial charge in [0.2, 0.25) is 0 Å². The maximum atomic E-state index is 9.88. The molecule has 2 aromatic rings. The molecule has 84 valence electrons. The molecule has 16 heavy (non-hydrogen) atoms. The Bertz CT molecular complexity index is 525. The zero-order valence-corrected chi connectivity index (χ0v) is 10.1. The minimum atomic E-state index is 0.253. The van der Waals surface area contributed by atoms with Gasteiger partial charge in [-0.3, -0.25) is 0 Å². The summed E-state index contributed by atoms with van der Waals surface area (Å²) in [6.07, 6.45) is 0.951. The highest BCUT2D eigenvalue weighted by atomic mass is 35.5. The smallest absolute Gasteiger partial charge is 0.137 e. The largest absolute Gasteiger partial charge is 0.506 e. The van der Waals surface area contributed by atoms with Crippen LogP contribution in [0.4, 0.5) is 0 Å². The number of fused-ring (bicyclic) bond motifs is 1. The molecule has 0 saturated heterocycles. The first-order chi connectivity index (χ1) is 7.61. The summed E-state index contributed by atoms with van der Waals surface area (Å²) in [4.78, 5) is 4.47. The topological polar surface area (TPSA) is 33.1 Å². The third-order valence-electron chi connectivity index (χ3n) is 2.87. The molecule has 1 N–H and O–H groups in total. The second-order valence-electron chi connectivity index (χ2n) is 4.04. The van der Waals surface area contributed by atoms with Crippen LogP contribution in [0.15, 0.2) is 24.3 Å². The molecule has 1 unspecified atom stereocenters. The maximum absolute atomic E-state index is 9.88. The average Bonchev–Trinajstić information content (AvgIpc) is 2.28. The van der Waals surface area contributed by atoms with Crippen molar-refractivity contribution in [2.75, 3.05) is 0 Å². The lowest BCUT2D eigenvalue weighted by Gasteiger charge is -2.11. The highest BCUT2D eigenvalue weighted by Gasteiger charge is 2.11. The summed E-state index contributed by atoms with van der Waals surface area (Å²) in [7, 11) is 0. The summed E-state index contributed by atoms with van der Waals surface area (Å²) in [5.41, 5.74) is 1.58. The van der Waals surface area contributed by atoms with Gasteiger partial charge in [-0.2, -0.15) is 0 Å². The third kappa shape index (κ3) is 1.98. The van der Waals surface area contributed by atoms with E-state index in [0.29, 0.717) is 5.02 Å². The monoisotopic (exact) mass is 235 g/mol. The van der Waals surface area contributed by atoms with Gasteiger partial charge in [0.1, 0.15) is 5.75 Å². The van der Waals surface area contributed by atoms with Gasteiger partial charge in [-0.1, -0.05) is 31.5 Å². The van der Waals surface area contributed by atoms with E-state index in [1.807, 2.05) is 12.1 Å². The molecule has 0 aliphatic rings. The summed E-state index contributed by atoms with van der Waals surface area (Å²) in [5.74, 6) is 0.521. The average molecular weight is 236 g/mol. The van der Waals surface area contributed by atoms with E-state index in [9.17, 15) is 5.11 Å². The third-order valence-corrected chi connectivity index (χ3v) is 3.10. The summed E-state index contributed by atoms with van der Waals surface area (Å²) >= 11 is 5.92. The molecule has 3 heteroatoms. The van der Waals surface area contributed by atoms with Crippen LogP contribution in [0.2, 0.25) is 5.02 Å². The predicted molar refractivity (Wildman–Crippen MR) is 67.1 cm³/mol. The van der Waals surface area contributed by atoms with Gasteiger partial charge < -0.3 is 5.11 Å². The molecule has 0 spiro atoms. The number of rotatable bonds is 2. The number of halogens is 1. The zero-order chi connectivity index (χ0) is 11.7. The zero-order valence-electron chi connectivity index (χ0n) is 9.37. The number of aromatic hydroxyl groups is 1. The Labute approximate surface area is 99.9 Å². The van der Waals surface area contributed by atoms with Gasteiger partial charge in [0, 0.05) is 16.3 Å². The van der Waals surface area contributed by atoms with Crippen molar-refractivity contribution in [3.63, 3.8) is 0 Å². The molecule has 2 nitrogen and oxygen atoms in total. The Hall–Kier alpha value is -1.28. The van der Waals surface area contributed by atoms with Crippen LogP contribution in [0, 0.1) is 0 Å². The van der Waals surface area contributed by atoms with Crippen LogP contribution in [0.3, 0.4) is 0 Å². The molecule has 1 heterocycles. The normalized spacial score (nSPS) is 12.9. The van der Waals surface area contributed by atoms with E-state index in [2.05, 4.69) is 18.8 Å². The standard InChI is InChI=1S/C13H14ClNO/c1-3-8(2)13-12(16)6-9-4-5-10(14)7-11(9)15-13/h4-8,16H,3H2,1-2H3. The summed E-state index contributed by atoms with van der Waals surface area (Å²) in [6, 6.07) is 7.24. The van der Waals surface area contributed by atoms with Crippen molar-refractivity contribution in [3.8, 4) is 5.75 Å². The van der Waals surface area contributed by atoms with E-state index in [-0.39, 0.29) is 11.7 Å². The first kappa shape index (κ1) is 11.2. The van der Waals surface area contributed by atoms with Gasteiger partial charge in [-0.05, 0) is 24.6 Å². The molecule has 2 rings (SSSR count). The first-order valence-electron chi connectivity index (χ1n) is 5.41. The number of hydrogen-bond acceptors (Lipinski definition) is 2. The van der Waals surface area contributed by atoms with Crippen LogP contribution < -0.4 is 0 Å². The number of benzene rings is 1. The molecular weight excluding hydrogens is 222 g/mol. The molecule has 0 saturated carbocycles. The molecule has 0 aliphatic heterocycles. The van der Waals surface area contributed by atoms with E-state index >= 15 is 0 Å². The highest BCUT2D eigenvalue weighted by molar-refractivity contribution is 6.31. The molecule has 0 aliphatic carbocycles. The lowest BCUT2D eigenvalue weighted by molar-refractivity contribution is 0.458. The summed E-state index contributed by atoms with van der Waals surface area (Å²) in [6.45, 7) is 4.13. The van der Waals surface area contributed by atoms with Gasteiger partial charge in [0.05, 0.1) is 11.2 Å². The lowest BCUT2D eigenvalue weighted by Crippen LogP contribution is -1.96. The van der Waals surface area contributed by atoms with Gasteiger partial charge in [0.25, 0.3) is 0 Å². The lowest BCUT2D eigenvalue weighted by atomic mass is 10.0. The van der Waals surface area contributed by atoms with Crippen molar-refractivity contribution in [2.24, 2.45) is 0 Å². The van der Waals surface area contributed by atoms with Gasteiger partial charge in [0.15, 0.2) is 0 Å². The van der Waals surface area contributed by atoms with Gasteiger partial charge >= 0.3 is 0 Å². The van der Waals surface area contributed by atoms with Crippen molar-refractivity contribution in [1.82, 2.24) is 4.98 Å². The number of aromatic nitrogens is 1. The minimum absolute atomic E-state index is 0.253. The maximum Gasteiger partial charge on any atom is 0.137 e. The summed E-state index contributed by atoms with van der Waals surface area (Å²) in [5, 5.41) is 11.5. The fourth-order valence-corrected chi connectivity index (χ4v) is 1.87. The molecule has 0 radical (unpaired) electrons. The van der Waals surface area contributed by atoms with Crippen molar-refractivity contribution in [2.45, 2.75) is 26.2 Å². The number of hydrogen-bond donors (Lipinski definition) is 1. The van der Waals surface area contributed by atoms with Crippen molar-refractivity contribution in [3.05, 3.63) is 35.0 Å². The van der Waals surface area contributed by atoms with Crippen molar-refractivity contribution < 1.29 is 5.11 Å². The second kappa shape index (κ2) is 4.30. The SMILES string of the molecule is CCC(C)c1nc2cc(Cl)ccc2cc1O. The van der Waals surface area contributed by atoms with Crippen molar-refractivity contribution in [1.29, 1.82) is 0 Å². The quantitative estimate of drug-likeness (QED) is 0.850. The fraction of sp³-hybridized carbons (Fsp3) is 0.308. The number of pyridine rings is 1. The number of nitrogens with zero attached hydrogens (tertiary/aromatic N) is 1. The van der Waals surface area contributed by atoms with E-state index in [1.54, 1.807) is 12.1 Å². The molecule has 0 amide bonds. The molecule has 0 bridgehead atoms. The Morgan fingerprint density at radius 2 is 2.12 bits per heavy atom. The molecular formula is C13H14ClNO. The molecule has 1 atom stereocenters. The van der Waals surface area contributed by atoms with E-state index in [0.717, 1.165) is 23.0 Å². The predicted octanol–water partition coefficient (Wildman–Crippen LogP) is 4.11. The van der Waals surface area contributed by atoms with Crippen LogP contribution in [0.25, 0.3) is 10.9 Å². The van der Waals surface area contributed by atoms with E-state index in [4.69, 9.17) is 11.6 Å². The van der Waals surface area contributed by atoms with Crippen molar-refractivity contribution >= 4 is 22.5 Å². The van der Waals surface area contributed by atoms with E-state index < -0.39 is 0 Å². The Morgan fingerprint density at radius 1 is 1.38 bits per heavy atom. The molecule has 0 fully saturated rings. The van der Waals surface area contributed by atoms with Crippen LogP contribution in [0.1, 0.15) is 31.9 Å². The summed E-state index contributed by atoms with van der Waals surface area (Å²) < 4.78 is 0. The fourth-order valence-electron chi connectivity index (χ4n) is 1.70. The van der Waals surface area contributed by atoms with Crippen LogP contribution in [-0.2, 0) is 0 Å². The van der Waals surface area contributed by atoms with Gasteiger partial charge in [-0.25, -0.2) is 4.98 Å². The Morgan fingerprint density at radius 3 is 2.81 bits per heavy atom. The Balaban J connectivity index is 2.64. The van der Waals surface area contributed by atoms with Crippen LogP contribution in [0.5, 0.6) is 5.75 Å². The van der Waals surface area contributed by atoms with Gasteiger partial charge in [-0.15, -0.1) is 0 Å². The molecule has 1 aromatic heterocycles. The van der Waals surface area contributed by atoms with Crippen LogP contribution in [-0.4, -0.2) is 10.1 Å². The van der Waals surface area contributed by atoms with Crippen LogP contribution >= 0.6 is 11.6 Å². The Kier molecular flexibility index (Phi) is 3.01. The molecule has 1 aromatic carbocycles.